The molecule has 0 atom stereocenters. The number of para-hydroxylation sites is 2. The van der Waals surface area contributed by atoms with Crippen molar-refractivity contribution >= 4 is 28.8 Å². The van der Waals surface area contributed by atoms with Crippen molar-refractivity contribution in [2.24, 2.45) is 10.1 Å². The molecule has 0 spiro atoms. The average molecular weight is 470 g/mol. The molecule has 1 aromatic heterocycles. The van der Waals surface area contributed by atoms with Gasteiger partial charge in [0.1, 0.15) is 0 Å². The number of amidine groups is 1. The van der Waals surface area contributed by atoms with Gasteiger partial charge in [0.25, 0.3) is 0 Å². The highest BCUT2D eigenvalue weighted by molar-refractivity contribution is 6.00. The topological polar surface area (TPSA) is 83.9 Å². The van der Waals surface area contributed by atoms with Crippen molar-refractivity contribution in [2.45, 2.75) is 33.1 Å². The molecule has 0 fully saturated rings. The Hall–Kier alpha value is -4.13. The van der Waals surface area contributed by atoms with Gasteiger partial charge in [0.15, 0.2) is 23.2 Å². The molecule has 4 rings (SSSR count). The summed E-state index contributed by atoms with van der Waals surface area (Å²) in [7, 11) is 1.64. The van der Waals surface area contributed by atoms with Gasteiger partial charge in [-0.05, 0) is 61.4 Å². The highest BCUT2D eigenvalue weighted by Crippen LogP contribution is 2.27. The van der Waals surface area contributed by atoms with Crippen LogP contribution < -0.4 is 14.9 Å². The van der Waals surface area contributed by atoms with E-state index in [9.17, 15) is 0 Å². The molecule has 0 aliphatic heterocycles. The fourth-order valence-corrected chi connectivity index (χ4v) is 3.53. The molecule has 3 aromatic carbocycles. The molecule has 1 heterocycles. The second-order valence-electron chi connectivity index (χ2n) is 8.23. The Labute approximate surface area is 205 Å². The second-order valence-corrected chi connectivity index (χ2v) is 8.23. The normalized spacial score (nSPS) is 11.8. The number of aromatic nitrogens is 2. The maximum Gasteiger partial charge on any atom is 0.190 e. The first kappa shape index (κ1) is 24.0. The van der Waals surface area contributed by atoms with Crippen LogP contribution in [0.1, 0.15) is 43.1 Å². The molecule has 0 unspecified atom stereocenters. The van der Waals surface area contributed by atoms with Gasteiger partial charge in [-0.15, -0.1) is 0 Å². The zero-order chi connectivity index (χ0) is 24.5. The van der Waals surface area contributed by atoms with E-state index in [-0.39, 0.29) is 0 Å². The summed E-state index contributed by atoms with van der Waals surface area (Å²) in [5.41, 5.74) is 7.71. The number of H-pyrrole nitrogens is 1. The number of hydrogen-bond donors (Lipinski definition) is 2. The molecule has 7 nitrogen and oxygen atoms in total. The quantitative estimate of drug-likeness (QED) is 0.126. The van der Waals surface area contributed by atoms with Crippen LogP contribution in [0.15, 0.2) is 76.8 Å². The van der Waals surface area contributed by atoms with E-state index < -0.39 is 0 Å². The van der Waals surface area contributed by atoms with Gasteiger partial charge < -0.3 is 14.5 Å². The molecule has 0 radical (unpaired) electrons. The second kappa shape index (κ2) is 11.8. The van der Waals surface area contributed by atoms with E-state index in [1.54, 1.807) is 13.3 Å². The van der Waals surface area contributed by atoms with Crippen molar-refractivity contribution in [3.63, 3.8) is 0 Å². The van der Waals surface area contributed by atoms with Gasteiger partial charge in [-0.3, -0.25) is 5.43 Å². The number of nitrogens with zero attached hydrogens (tertiary/aromatic N) is 3. The Morgan fingerprint density at radius 1 is 1.03 bits per heavy atom. The SMILES string of the molecule is CCCCCOc1ccc(/C=N/NC(=Nc2ccc(C)cc2)c2nc3ccccc3[nH]2)cc1OC. The smallest absolute Gasteiger partial charge is 0.190 e. The maximum atomic E-state index is 5.87. The van der Waals surface area contributed by atoms with Crippen molar-refractivity contribution in [3.05, 3.63) is 83.7 Å². The number of benzene rings is 3. The molecule has 0 saturated heterocycles. The zero-order valence-electron chi connectivity index (χ0n) is 20.4. The number of hydrogen-bond acceptors (Lipinski definition) is 5. The summed E-state index contributed by atoms with van der Waals surface area (Å²) < 4.78 is 11.4. The van der Waals surface area contributed by atoms with Crippen LogP contribution in [0.5, 0.6) is 11.5 Å². The molecule has 0 amide bonds. The molecular weight excluding hydrogens is 438 g/mol. The summed E-state index contributed by atoms with van der Waals surface area (Å²) in [5.74, 6) is 2.54. The molecule has 0 aliphatic rings. The summed E-state index contributed by atoms with van der Waals surface area (Å²) in [5, 5.41) is 4.43. The number of aromatic amines is 1. The predicted molar refractivity (Wildman–Crippen MR) is 142 cm³/mol. The van der Waals surface area contributed by atoms with E-state index in [0.717, 1.165) is 47.3 Å². The van der Waals surface area contributed by atoms with Gasteiger partial charge in [0.05, 0.1) is 36.7 Å². The zero-order valence-corrected chi connectivity index (χ0v) is 20.4. The number of ether oxygens (including phenoxy) is 2. The van der Waals surface area contributed by atoms with E-state index in [1.807, 2.05) is 73.7 Å². The lowest BCUT2D eigenvalue weighted by Gasteiger charge is -2.11. The average Bonchev–Trinajstić information content (AvgIpc) is 3.32. The van der Waals surface area contributed by atoms with Crippen LogP contribution in [-0.4, -0.2) is 35.7 Å². The summed E-state index contributed by atoms with van der Waals surface area (Å²) in [6.45, 7) is 4.90. The molecule has 0 aliphatic carbocycles. The van der Waals surface area contributed by atoms with Crippen LogP contribution in [0.4, 0.5) is 5.69 Å². The predicted octanol–water partition coefficient (Wildman–Crippen LogP) is 6.15. The standard InChI is InChI=1S/C28H31N5O2/c1-4-5-8-17-35-25-16-13-21(18-26(25)34-3)19-29-33-28(30-22-14-11-20(2)12-15-22)27-31-23-9-6-7-10-24(23)32-27/h6-7,9-16,18-19H,4-5,8,17H2,1-3H3,(H,30,33)(H,31,32)/b29-19+. The summed E-state index contributed by atoms with van der Waals surface area (Å²) in [6, 6.07) is 21.6. The number of aliphatic imine (C=N–C) groups is 1. The van der Waals surface area contributed by atoms with Crippen LogP contribution in [0.2, 0.25) is 0 Å². The molecule has 0 bridgehead atoms. The number of fused-ring (bicyclic) bond motifs is 1. The van der Waals surface area contributed by atoms with Crippen LogP contribution in [0.3, 0.4) is 0 Å². The Morgan fingerprint density at radius 3 is 2.63 bits per heavy atom. The third kappa shape index (κ3) is 6.47. The Balaban J connectivity index is 1.54. The molecule has 35 heavy (non-hydrogen) atoms. The fourth-order valence-electron chi connectivity index (χ4n) is 3.53. The van der Waals surface area contributed by atoms with Crippen LogP contribution >= 0.6 is 0 Å². The Kier molecular flexibility index (Phi) is 8.12. The number of rotatable bonds is 10. The number of nitrogens with one attached hydrogen (secondary N) is 2. The van der Waals surface area contributed by atoms with Crippen LogP contribution in [0.25, 0.3) is 11.0 Å². The largest absolute Gasteiger partial charge is 0.493 e. The summed E-state index contributed by atoms with van der Waals surface area (Å²) in [6.07, 6.45) is 5.05. The highest BCUT2D eigenvalue weighted by Gasteiger charge is 2.10. The lowest BCUT2D eigenvalue weighted by Crippen LogP contribution is -2.20. The van der Waals surface area contributed by atoms with E-state index >= 15 is 0 Å². The number of imidazole rings is 1. The first-order valence-electron chi connectivity index (χ1n) is 11.9. The number of methoxy groups -OCH3 is 1. The summed E-state index contributed by atoms with van der Waals surface area (Å²) in [4.78, 5) is 12.7. The van der Waals surface area contributed by atoms with Gasteiger partial charge in [-0.2, -0.15) is 5.10 Å². The number of hydrazone groups is 1. The van der Waals surface area contributed by atoms with Gasteiger partial charge in [-0.25, -0.2) is 9.98 Å². The molecule has 0 saturated carbocycles. The van der Waals surface area contributed by atoms with E-state index in [0.29, 0.717) is 24.0 Å². The lowest BCUT2D eigenvalue weighted by atomic mass is 10.2. The minimum absolute atomic E-state index is 0.518. The van der Waals surface area contributed by atoms with Crippen molar-refractivity contribution in [1.29, 1.82) is 0 Å². The van der Waals surface area contributed by atoms with Gasteiger partial charge in [0.2, 0.25) is 0 Å². The van der Waals surface area contributed by atoms with E-state index in [4.69, 9.17) is 14.5 Å². The van der Waals surface area contributed by atoms with Crippen molar-refractivity contribution in [3.8, 4) is 11.5 Å². The number of aryl methyl sites for hydroxylation is 1. The van der Waals surface area contributed by atoms with Crippen molar-refractivity contribution < 1.29 is 9.47 Å². The van der Waals surface area contributed by atoms with Crippen molar-refractivity contribution in [2.75, 3.05) is 13.7 Å². The highest BCUT2D eigenvalue weighted by atomic mass is 16.5. The molecule has 180 valence electrons. The minimum Gasteiger partial charge on any atom is -0.493 e. The van der Waals surface area contributed by atoms with Gasteiger partial charge in [0, 0.05) is 0 Å². The number of unbranched alkanes of at least 4 members (excludes halogenated alkanes) is 2. The monoisotopic (exact) mass is 469 g/mol. The third-order valence-electron chi connectivity index (χ3n) is 5.47. The molecule has 2 N–H and O–H groups in total. The molecule has 7 heteroatoms. The summed E-state index contributed by atoms with van der Waals surface area (Å²) >= 11 is 0. The van der Waals surface area contributed by atoms with Crippen LogP contribution in [-0.2, 0) is 0 Å². The third-order valence-corrected chi connectivity index (χ3v) is 5.47. The van der Waals surface area contributed by atoms with Gasteiger partial charge in [-0.1, -0.05) is 49.6 Å². The minimum atomic E-state index is 0.518. The van der Waals surface area contributed by atoms with Crippen molar-refractivity contribution in [1.82, 2.24) is 15.4 Å². The fraction of sp³-hybridized carbons (Fsp3) is 0.250. The lowest BCUT2D eigenvalue weighted by molar-refractivity contribution is 0.286. The molecular formula is C28H31N5O2. The van der Waals surface area contributed by atoms with Crippen LogP contribution in [0, 0.1) is 6.92 Å². The Morgan fingerprint density at radius 2 is 1.86 bits per heavy atom. The first-order valence-corrected chi connectivity index (χ1v) is 11.9. The first-order chi connectivity index (χ1) is 17.2. The van der Waals surface area contributed by atoms with E-state index in [1.165, 1.54) is 5.56 Å². The Bertz CT molecular complexity index is 1280. The van der Waals surface area contributed by atoms with E-state index in [2.05, 4.69) is 27.4 Å². The maximum absolute atomic E-state index is 5.87. The van der Waals surface area contributed by atoms with Gasteiger partial charge >= 0.3 is 0 Å². The molecule has 4 aromatic rings.